The minimum absolute atomic E-state index is 0.678. The first kappa shape index (κ1) is 15.5. The van der Waals surface area contributed by atoms with Gasteiger partial charge in [-0.15, -0.1) is 0 Å². The molecule has 0 amide bonds. The average Bonchev–Trinajstić information content (AvgIpc) is 3.08. The van der Waals surface area contributed by atoms with E-state index < -0.39 is 0 Å². The van der Waals surface area contributed by atoms with Crippen molar-refractivity contribution in [3.05, 3.63) is 78.8 Å². The molecule has 0 atom stereocenters. The van der Waals surface area contributed by atoms with Crippen LogP contribution in [0.3, 0.4) is 0 Å². The first-order chi connectivity index (χ1) is 13.3. The van der Waals surface area contributed by atoms with Crippen molar-refractivity contribution in [3.8, 4) is 11.4 Å². The highest BCUT2D eigenvalue weighted by Gasteiger charge is 2.10. The summed E-state index contributed by atoms with van der Waals surface area (Å²) in [4.78, 5) is 16.9. The zero-order valence-corrected chi connectivity index (χ0v) is 14.8. The van der Waals surface area contributed by atoms with E-state index >= 15 is 0 Å². The summed E-state index contributed by atoms with van der Waals surface area (Å²) < 4.78 is 0. The fourth-order valence-electron chi connectivity index (χ4n) is 3.29. The Morgan fingerprint density at radius 3 is 2.63 bits per heavy atom. The summed E-state index contributed by atoms with van der Waals surface area (Å²) in [7, 11) is 0. The molecule has 5 heteroatoms. The molecule has 0 unspecified atom stereocenters. The SMILES string of the molecule is Cc1cc2cc(Nc3nc(-c4ccncc4)nc4ccccc34)ccc2[nH]1. The summed E-state index contributed by atoms with van der Waals surface area (Å²) >= 11 is 0. The van der Waals surface area contributed by atoms with Crippen LogP contribution in [-0.2, 0) is 0 Å². The highest BCUT2D eigenvalue weighted by atomic mass is 15.0. The van der Waals surface area contributed by atoms with Gasteiger partial charge >= 0.3 is 0 Å². The van der Waals surface area contributed by atoms with Crippen molar-refractivity contribution in [2.75, 3.05) is 5.32 Å². The van der Waals surface area contributed by atoms with Crippen LogP contribution >= 0.6 is 0 Å². The maximum absolute atomic E-state index is 4.79. The zero-order valence-electron chi connectivity index (χ0n) is 14.8. The van der Waals surface area contributed by atoms with Crippen LogP contribution in [0.1, 0.15) is 5.69 Å². The lowest BCUT2D eigenvalue weighted by Crippen LogP contribution is -1.99. The smallest absolute Gasteiger partial charge is 0.162 e. The molecule has 0 saturated carbocycles. The molecule has 0 spiro atoms. The average molecular weight is 351 g/mol. The van der Waals surface area contributed by atoms with Crippen LogP contribution < -0.4 is 5.32 Å². The monoisotopic (exact) mass is 351 g/mol. The van der Waals surface area contributed by atoms with Gasteiger partial charge in [-0.05, 0) is 55.5 Å². The van der Waals surface area contributed by atoms with Gasteiger partial charge in [0.2, 0.25) is 0 Å². The van der Waals surface area contributed by atoms with Crippen LogP contribution in [0.25, 0.3) is 33.2 Å². The van der Waals surface area contributed by atoms with Gasteiger partial charge in [0.1, 0.15) is 5.82 Å². The predicted octanol–water partition coefficient (Wildman–Crippen LogP) is 5.23. The number of fused-ring (bicyclic) bond motifs is 2. The van der Waals surface area contributed by atoms with Crippen LogP contribution in [0.5, 0.6) is 0 Å². The lowest BCUT2D eigenvalue weighted by Gasteiger charge is -2.11. The third-order valence-electron chi connectivity index (χ3n) is 4.56. The van der Waals surface area contributed by atoms with Crippen molar-refractivity contribution >= 4 is 33.3 Å². The topological polar surface area (TPSA) is 66.5 Å². The number of aromatic nitrogens is 4. The Balaban J connectivity index is 1.64. The van der Waals surface area contributed by atoms with Gasteiger partial charge in [-0.25, -0.2) is 9.97 Å². The number of nitrogens with zero attached hydrogens (tertiary/aromatic N) is 3. The molecule has 3 heterocycles. The molecular formula is C22H17N5. The van der Waals surface area contributed by atoms with E-state index in [1.54, 1.807) is 12.4 Å². The highest BCUT2D eigenvalue weighted by molar-refractivity contribution is 5.93. The second-order valence-electron chi connectivity index (χ2n) is 6.53. The molecule has 0 aliphatic rings. The van der Waals surface area contributed by atoms with Gasteiger partial charge in [-0.2, -0.15) is 0 Å². The van der Waals surface area contributed by atoms with E-state index in [4.69, 9.17) is 9.97 Å². The molecule has 27 heavy (non-hydrogen) atoms. The van der Waals surface area contributed by atoms with Crippen molar-refractivity contribution in [1.29, 1.82) is 0 Å². The number of hydrogen-bond acceptors (Lipinski definition) is 4. The molecule has 0 bridgehead atoms. The molecular weight excluding hydrogens is 334 g/mol. The predicted molar refractivity (Wildman–Crippen MR) is 109 cm³/mol. The van der Waals surface area contributed by atoms with Gasteiger partial charge in [-0.1, -0.05) is 12.1 Å². The van der Waals surface area contributed by atoms with E-state index in [0.717, 1.165) is 39.2 Å². The van der Waals surface area contributed by atoms with Crippen molar-refractivity contribution in [1.82, 2.24) is 19.9 Å². The lowest BCUT2D eigenvalue weighted by molar-refractivity contribution is 1.21. The normalized spacial score (nSPS) is 11.1. The quantitative estimate of drug-likeness (QED) is 0.467. The zero-order chi connectivity index (χ0) is 18.2. The number of pyridine rings is 1. The van der Waals surface area contributed by atoms with Crippen LogP contribution in [0.15, 0.2) is 73.1 Å². The van der Waals surface area contributed by atoms with E-state index in [9.17, 15) is 0 Å². The Kier molecular flexibility index (Phi) is 3.57. The van der Waals surface area contributed by atoms with Crippen molar-refractivity contribution < 1.29 is 0 Å². The Bertz CT molecular complexity index is 1260. The van der Waals surface area contributed by atoms with Crippen LogP contribution in [0.4, 0.5) is 11.5 Å². The van der Waals surface area contributed by atoms with Crippen molar-refractivity contribution in [2.45, 2.75) is 6.92 Å². The highest BCUT2D eigenvalue weighted by Crippen LogP contribution is 2.28. The van der Waals surface area contributed by atoms with Crippen molar-refractivity contribution in [3.63, 3.8) is 0 Å². The number of hydrogen-bond donors (Lipinski definition) is 2. The maximum Gasteiger partial charge on any atom is 0.162 e. The van der Waals surface area contributed by atoms with Gasteiger partial charge in [0.15, 0.2) is 5.82 Å². The number of para-hydroxylation sites is 1. The Hall–Kier alpha value is -3.73. The van der Waals surface area contributed by atoms with Crippen LogP contribution in [0.2, 0.25) is 0 Å². The molecule has 3 aromatic heterocycles. The molecule has 0 fully saturated rings. The largest absolute Gasteiger partial charge is 0.359 e. The molecule has 0 aliphatic carbocycles. The number of H-pyrrole nitrogens is 1. The number of anilines is 2. The van der Waals surface area contributed by atoms with E-state index in [-0.39, 0.29) is 0 Å². The Morgan fingerprint density at radius 2 is 1.74 bits per heavy atom. The molecule has 0 radical (unpaired) electrons. The summed E-state index contributed by atoms with van der Waals surface area (Å²) in [6.07, 6.45) is 3.51. The number of aromatic amines is 1. The van der Waals surface area contributed by atoms with E-state index in [1.165, 1.54) is 5.39 Å². The number of nitrogens with one attached hydrogen (secondary N) is 2. The van der Waals surface area contributed by atoms with Crippen molar-refractivity contribution in [2.24, 2.45) is 0 Å². The minimum atomic E-state index is 0.678. The molecule has 130 valence electrons. The first-order valence-electron chi connectivity index (χ1n) is 8.80. The fourth-order valence-corrected chi connectivity index (χ4v) is 3.29. The Labute approximate surface area is 156 Å². The first-order valence-corrected chi connectivity index (χ1v) is 8.80. The summed E-state index contributed by atoms with van der Waals surface area (Å²) in [6.45, 7) is 2.06. The second kappa shape index (κ2) is 6.21. The molecule has 5 rings (SSSR count). The molecule has 5 nitrogen and oxygen atoms in total. The summed E-state index contributed by atoms with van der Waals surface area (Å²) in [6, 6.07) is 20.3. The third-order valence-corrected chi connectivity index (χ3v) is 4.56. The molecule has 0 saturated heterocycles. The van der Waals surface area contributed by atoms with E-state index in [1.807, 2.05) is 36.4 Å². The van der Waals surface area contributed by atoms with Gasteiger partial charge in [-0.3, -0.25) is 4.98 Å². The summed E-state index contributed by atoms with van der Waals surface area (Å²) in [5.41, 5.74) is 5.11. The molecule has 0 aliphatic heterocycles. The summed E-state index contributed by atoms with van der Waals surface area (Å²) in [5, 5.41) is 5.64. The maximum atomic E-state index is 4.79. The summed E-state index contributed by atoms with van der Waals surface area (Å²) in [5.74, 6) is 1.47. The van der Waals surface area contributed by atoms with Gasteiger partial charge in [0.25, 0.3) is 0 Å². The fraction of sp³-hybridized carbons (Fsp3) is 0.0455. The number of benzene rings is 2. The molecule has 5 aromatic rings. The molecule has 2 aromatic carbocycles. The second-order valence-corrected chi connectivity index (χ2v) is 6.53. The number of rotatable bonds is 3. The minimum Gasteiger partial charge on any atom is -0.359 e. The van der Waals surface area contributed by atoms with Gasteiger partial charge in [0.05, 0.1) is 5.52 Å². The van der Waals surface area contributed by atoms with Gasteiger partial charge < -0.3 is 10.3 Å². The van der Waals surface area contributed by atoms with E-state index in [2.05, 4.69) is 46.5 Å². The lowest BCUT2D eigenvalue weighted by atomic mass is 10.2. The molecule has 2 N–H and O–H groups in total. The van der Waals surface area contributed by atoms with E-state index in [0.29, 0.717) is 5.82 Å². The van der Waals surface area contributed by atoms with Crippen LogP contribution in [0, 0.1) is 6.92 Å². The van der Waals surface area contributed by atoms with Gasteiger partial charge in [0, 0.05) is 45.6 Å². The number of aryl methyl sites for hydroxylation is 1. The van der Waals surface area contributed by atoms with Crippen LogP contribution in [-0.4, -0.2) is 19.9 Å². The standard InChI is InChI=1S/C22H17N5/c1-14-12-16-13-17(6-7-19(16)24-14)25-22-18-4-2-3-5-20(18)26-21(27-22)15-8-10-23-11-9-15/h2-13,24H,1H3,(H,25,26,27). The Morgan fingerprint density at radius 1 is 0.889 bits per heavy atom. The third kappa shape index (κ3) is 2.89.